The molecule has 15 heavy (non-hydrogen) atoms. The highest BCUT2D eigenvalue weighted by Gasteiger charge is 2.42. The van der Waals surface area contributed by atoms with E-state index < -0.39 is 0 Å². The van der Waals surface area contributed by atoms with Gasteiger partial charge < -0.3 is 5.73 Å². The number of halogens is 1. The second-order valence-electron chi connectivity index (χ2n) is 4.49. The van der Waals surface area contributed by atoms with Crippen molar-refractivity contribution in [3.05, 3.63) is 20.8 Å². The molecule has 0 atom stereocenters. The van der Waals surface area contributed by atoms with Crippen LogP contribution in [-0.4, -0.2) is 0 Å². The fourth-order valence-electron chi connectivity index (χ4n) is 1.95. The first-order valence-electron chi connectivity index (χ1n) is 5.69. The van der Waals surface area contributed by atoms with Gasteiger partial charge in [0.05, 0.1) is 10.6 Å². The fourth-order valence-corrected chi connectivity index (χ4v) is 3.87. The second-order valence-corrected chi connectivity index (χ2v) is 5.98. The highest BCUT2D eigenvalue weighted by molar-refractivity contribution is 7.13. The minimum Gasteiger partial charge on any atom is -0.321 e. The maximum absolute atomic E-state index is 6.29. The Kier molecular flexibility index (Phi) is 3.11. The first-order valence-corrected chi connectivity index (χ1v) is 6.88. The van der Waals surface area contributed by atoms with Crippen LogP contribution in [0.3, 0.4) is 0 Å². The Hall–Kier alpha value is -0.0500. The largest absolute Gasteiger partial charge is 0.321 e. The highest BCUT2D eigenvalue weighted by Crippen LogP contribution is 2.49. The van der Waals surface area contributed by atoms with Gasteiger partial charge in [-0.05, 0) is 37.7 Å². The van der Waals surface area contributed by atoms with Crippen LogP contribution in [0.5, 0.6) is 0 Å². The molecular formula is C12H18ClNS. The Labute approximate surface area is 101 Å². The predicted molar refractivity (Wildman–Crippen MR) is 67.8 cm³/mol. The van der Waals surface area contributed by atoms with E-state index >= 15 is 0 Å². The summed E-state index contributed by atoms with van der Waals surface area (Å²) < 4.78 is 0. The number of hydrogen-bond acceptors (Lipinski definition) is 2. The van der Waals surface area contributed by atoms with Crippen LogP contribution in [0.4, 0.5) is 0 Å². The SMILES string of the molecule is CCC(CC)c1sc(C2(N)CC2)cc1Cl. The van der Waals surface area contributed by atoms with E-state index in [1.807, 2.05) is 11.3 Å². The number of nitrogens with two attached hydrogens (primary N) is 1. The van der Waals surface area contributed by atoms with E-state index in [4.69, 9.17) is 17.3 Å². The lowest BCUT2D eigenvalue weighted by Crippen LogP contribution is -2.16. The molecule has 1 heterocycles. The summed E-state index contributed by atoms with van der Waals surface area (Å²) in [6.07, 6.45) is 4.56. The zero-order valence-corrected chi connectivity index (χ0v) is 10.9. The fraction of sp³-hybridized carbons (Fsp3) is 0.667. The summed E-state index contributed by atoms with van der Waals surface area (Å²) in [5.41, 5.74) is 6.16. The Bertz CT molecular complexity index is 351. The highest BCUT2D eigenvalue weighted by atomic mass is 35.5. The summed E-state index contributed by atoms with van der Waals surface area (Å²) in [4.78, 5) is 2.63. The minimum atomic E-state index is -0.0292. The monoisotopic (exact) mass is 243 g/mol. The molecule has 3 heteroatoms. The van der Waals surface area contributed by atoms with Gasteiger partial charge in [-0.15, -0.1) is 11.3 Å². The van der Waals surface area contributed by atoms with E-state index in [2.05, 4.69) is 19.9 Å². The predicted octanol–water partition coefficient (Wildman–Crippen LogP) is 4.25. The van der Waals surface area contributed by atoms with Crippen molar-refractivity contribution in [3.8, 4) is 0 Å². The van der Waals surface area contributed by atoms with Crippen LogP contribution in [0, 0.1) is 0 Å². The molecule has 2 N–H and O–H groups in total. The van der Waals surface area contributed by atoms with Crippen molar-refractivity contribution in [3.63, 3.8) is 0 Å². The molecule has 1 saturated carbocycles. The molecule has 0 unspecified atom stereocenters. The Morgan fingerprint density at radius 3 is 2.53 bits per heavy atom. The molecule has 0 bridgehead atoms. The van der Waals surface area contributed by atoms with Crippen LogP contribution in [0.2, 0.25) is 5.02 Å². The summed E-state index contributed by atoms with van der Waals surface area (Å²) in [7, 11) is 0. The Morgan fingerprint density at radius 2 is 2.07 bits per heavy atom. The third-order valence-corrected chi connectivity index (χ3v) is 5.29. The summed E-state index contributed by atoms with van der Waals surface area (Å²) in [5.74, 6) is 0.610. The molecule has 1 fully saturated rings. The van der Waals surface area contributed by atoms with Gasteiger partial charge >= 0.3 is 0 Å². The summed E-state index contributed by atoms with van der Waals surface area (Å²) in [6.45, 7) is 4.44. The molecule has 1 aliphatic rings. The van der Waals surface area contributed by atoms with Gasteiger partial charge in [0.2, 0.25) is 0 Å². The lowest BCUT2D eigenvalue weighted by molar-refractivity contribution is 0.653. The number of hydrogen-bond donors (Lipinski definition) is 1. The number of thiophene rings is 1. The lowest BCUT2D eigenvalue weighted by Gasteiger charge is -2.10. The van der Waals surface area contributed by atoms with E-state index in [9.17, 15) is 0 Å². The van der Waals surface area contributed by atoms with Gasteiger partial charge in [0, 0.05) is 9.75 Å². The Balaban J connectivity index is 2.28. The zero-order chi connectivity index (χ0) is 11.1. The smallest absolute Gasteiger partial charge is 0.0551 e. The first kappa shape index (κ1) is 11.4. The molecule has 2 rings (SSSR count). The first-order chi connectivity index (χ1) is 7.10. The van der Waals surface area contributed by atoms with Crippen LogP contribution in [-0.2, 0) is 5.54 Å². The van der Waals surface area contributed by atoms with Crippen molar-refractivity contribution >= 4 is 22.9 Å². The molecule has 0 amide bonds. The maximum atomic E-state index is 6.29. The minimum absolute atomic E-state index is 0.0292. The van der Waals surface area contributed by atoms with E-state index in [-0.39, 0.29) is 5.54 Å². The lowest BCUT2D eigenvalue weighted by atomic mass is 10.0. The standard InChI is InChI=1S/C12H18ClNS/c1-3-8(4-2)11-9(13)7-10(15-11)12(14)5-6-12/h7-8H,3-6,14H2,1-2H3. The van der Waals surface area contributed by atoms with Crippen molar-refractivity contribution in [2.24, 2.45) is 5.73 Å². The molecule has 1 nitrogen and oxygen atoms in total. The van der Waals surface area contributed by atoms with Crippen molar-refractivity contribution < 1.29 is 0 Å². The van der Waals surface area contributed by atoms with Gasteiger partial charge in [-0.3, -0.25) is 0 Å². The third kappa shape index (κ3) is 2.08. The van der Waals surface area contributed by atoms with Gasteiger partial charge in [-0.1, -0.05) is 25.4 Å². The molecule has 0 spiro atoms. The molecule has 0 aliphatic heterocycles. The van der Waals surface area contributed by atoms with Crippen molar-refractivity contribution in [1.29, 1.82) is 0 Å². The number of rotatable bonds is 4. The average molecular weight is 244 g/mol. The van der Waals surface area contributed by atoms with Gasteiger partial charge in [-0.2, -0.15) is 0 Å². The van der Waals surface area contributed by atoms with E-state index in [0.29, 0.717) is 5.92 Å². The molecule has 1 aromatic heterocycles. The maximum Gasteiger partial charge on any atom is 0.0551 e. The quantitative estimate of drug-likeness (QED) is 0.841. The van der Waals surface area contributed by atoms with Crippen molar-refractivity contribution in [2.45, 2.75) is 51.0 Å². The summed E-state index contributed by atoms with van der Waals surface area (Å²) in [6, 6.07) is 2.09. The third-order valence-electron chi connectivity index (χ3n) is 3.35. The average Bonchev–Trinajstić information content (AvgIpc) is 2.84. The van der Waals surface area contributed by atoms with E-state index in [1.165, 1.54) is 9.75 Å². The molecule has 1 aliphatic carbocycles. The van der Waals surface area contributed by atoms with Gasteiger partial charge in [0.25, 0.3) is 0 Å². The van der Waals surface area contributed by atoms with Crippen molar-refractivity contribution in [1.82, 2.24) is 0 Å². The summed E-state index contributed by atoms with van der Waals surface area (Å²) >= 11 is 8.12. The van der Waals surface area contributed by atoms with Crippen LogP contribution in [0.1, 0.15) is 55.2 Å². The van der Waals surface area contributed by atoms with Gasteiger partial charge in [0.1, 0.15) is 0 Å². The van der Waals surface area contributed by atoms with Gasteiger partial charge in [-0.25, -0.2) is 0 Å². The second kappa shape index (κ2) is 4.08. The molecule has 1 aromatic rings. The topological polar surface area (TPSA) is 26.0 Å². The van der Waals surface area contributed by atoms with Crippen LogP contribution >= 0.6 is 22.9 Å². The molecule has 0 radical (unpaired) electrons. The van der Waals surface area contributed by atoms with E-state index in [1.54, 1.807) is 0 Å². The molecule has 0 saturated heterocycles. The van der Waals surface area contributed by atoms with Crippen LogP contribution < -0.4 is 5.73 Å². The molecule has 0 aromatic carbocycles. The summed E-state index contributed by atoms with van der Waals surface area (Å²) in [5, 5.41) is 0.931. The van der Waals surface area contributed by atoms with Crippen LogP contribution in [0.15, 0.2) is 6.07 Å². The molecule has 84 valence electrons. The normalized spacial score (nSPS) is 18.5. The van der Waals surface area contributed by atoms with Crippen molar-refractivity contribution in [2.75, 3.05) is 0 Å². The van der Waals surface area contributed by atoms with E-state index in [0.717, 1.165) is 30.7 Å². The van der Waals surface area contributed by atoms with Gasteiger partial charge in [0.15, 0.2) is 0 Å². The van der Waals surface area contributed by atoms with Crippen LogP contribution in [0.25, 0.3) is 0 Å². The molecular weight excluding hydrogens is 226 g/mol. The Morgan fingerprint density at radius 1 is 1.47 bits per heavy atom. The zero-order valence-electron chi connectivity index (χ0n) is 9.35.